The first-order chi connectivity index (χ1) is 7.09. The van der Waals surface area contributed by atoms with Crippen LogP contribution in [0.4, 0.5) is 5.69 Å². The van der Waals surface area contributed by atoms with Crippen molar-refractivity contribution in [3.8, 4) is 5.75 Å². The third kappa shape index (κ3) is 1.72. The molecule has 0 spiro atoms. The van der Waals surface area contributed by atoms with Gasteiger partial charge in [-0.1, -0.05) is 24.4 Å². The molecule has 0 aliphatic carbocycles. The highest BCUT2D eigenvalue weighted by molar-refractivity contribution is 7.80. The molecule has 3 nitrogen and oxygen atoms in total. The number of benzene rings is 1. The number of nitrogens with zero attached hydrogens (tertiary/aromatic N) is 1. The molecule has 0 fully saturated rings. The van der Waals surface area contributed by atoms with Gasteiger partial charge in [0, 0.05) is 20.4 Å². The van der Waals surface area contributed by atoms with Crippen LogP contribution >= 0.6 is 12.2 Å². The van der Waals surface area contributed by atoms with E-state index in [9.17, 15) is 4.79 Å². The number of hydrogen-bond donors (Lipinski definition) is 0. The summed E-state index contributed by atoms with van der Waals surface area (Å²) in [6.45, 7) is 1.40. The molecule has 2 rings (SSSR count). The van der Waals surface area contributed by atoms with Gasteiger partial charge < -0.3 is 9.64 Å². The van der Waals surface area contributed by atoms with E-state index in [4.69, 9.17) is 17.0 Å². The van der Waals surface area contributed by atoms with Crippen molar-refractivity contribution in [3.63, 3.8) is 0 Å². The van der Waals surface area contributed by atoms with Crippen molar-refractivity contribution in [1.29, 1.82) is 0 Å². The number of carbonyl (C=O) groups is 1. The molecule has 1 aromatic carbocycles. The number of esters is 1. The van der Waals surface area contributed by atoms with Gasteiger partial charge in [-0.2, -0.15) is 0 Å². The second-order valence-electron chi connectivity index (χ2n) is 3.49. The maximum atomic E-state index is 10.9. The average molecular weight is 221 g/mol. The van der Waals surface area contributed by atoms with Crippen molar-refractivity contribution in [2.45, 2.75) is 13.3 Å². The van der Waals surface area contributed by atoms with E-state index in [2.05, 4.69) is 0 Å². The minimum atomic E-state index is -0.311. The van der Waals surface area contributed by atoms with Gasteiger partial charge in [0.2, 0.25) is 0 Å². The largest absolute Gasteiger partial charge is 0.424 e. The molecular formula is C11H11NO2S. The molecule has 0 amide bonds. The summed E-state index contributed by atoms with van der Waals surface area (Å²) < 4.78 is 5.14. The summed E-state index contributed by atoms with van der Waals surface area (Å²) in [5.74, 6) is 0.275. The Labute approximate surface area is 93.6 Å². The van der Waals surface area contributed by atoms with Crippen LogP contribution in [0.15, 0.2) is 18.2 Å². The summed E-state index contributed by atoms with van der Waals surface area (Å²) in [4.78, 5) is 13.7. The highest BCUT2D eigenvalue weighted by Crippen LogP contribution is 2.37. The van der Waals surface area contributed by atoms with Crippen LogP contribution < -0.4 is 9.64 Å². The Hall–Kier alpha value is -1.42. The molecule has 0 saturated carbocycles. The minimum Gasteiger partial charge on any atom is -0.424 e. The molecule has 0 bridgehead atoms. The van der Waals surface area contributed by atoms with Crippen LogP contribution in [0.2, 0.25) is 0 Å². The van der Waals surface area contributed by atoms with Crippen LogP contribution in [-0.4, -0.2) is 18.0 Å². The van der Waals surface area contributed by atoms with Gasteiger partial charge in [-0.3, -0.25) is 4.79 Å². The minimum absolute atomic E-state index is 0.311. The van der Waals surface area contributed by atoms with E-state index < -0.39 is 0 Å². The predicted molar refractivity (Wildman–Crippen MR) is 62.5 cm³/mol. The van der Waals surface area contributed by atoms with Gasteiger partial charge in [-0.05, 0) is 11.6 Å². The maximum absolute atomic E-state index is 10.9. The van der Waals surface area contributed by atoms with E-state index in [1.54, 1.807) is 6.07 Å². The number of anilines is 1. The molecule has 0 unspecified atom stereocenters. The van der Waals surface area contributed by atoms with Crippen molar-refractivity contribution in [1.82, 2.24) is 0 Å². The van der Waals surface area contributed by atoms with Crippen molar-refractivity contribution in [2.75, 3.05) is 11.9 Å². The summed E-state index contributed by atoms with van der Waals surface area (Å²) >= 11 is 5.21. The van der Waals surface area contributed by atoms with Gasteiger partial charge in [0.25, 0.3) is 0 Å². The van der Waals surface area contributed by atoms with Crippen LogP contribution in [0.25, 0.3) is 0 Å². The Morgan fingerprint density at radius 3 is 2.93 bits per heavy atom. The average Bonchev–Trinajstić information content (AvgIpc) is 2.43. The molecule has 0 saturated heterocycles. The fourth-order valence-electron chi connectivity index (χ4n) is 1.73. The highest BCUT2D eigenvalue weighted by atomic mass is 32.1. The number of hydrogen-bond acceptors (Lipinski definition) is 3. The van der Waals surface area contributed by atoms with Gasteiger partial charge in [0.15, 0.2) is 5.75 Å². The zero-order chi connectivity index (χ0) is 11.0. The smallest absolute Gasteiger partial charge is 0.308 e. The maximum Gasteiger partial charge on any atom is 0.308 e. The van der Waals surface area contributed by atoms with Gasteiger partial charge in [0.1, 0.15) is 0 Å². The van der Waals surface area contributed by atoms with Gasteiger partial charge in [0.05, 0.1) is 10.7 Å². The Balaban J connectivity index is 2.47. The lowest BCUT2D eigenvalue weighted by Gasteiger charge is -2.15. The molecule has 0 aromatic heterocycles. The summed E-state index contributed by atoms with van der Waals surface area (Å²) in [5, 5.41) is 0. The van der Waals surface area contributed by atoms with Gasteiger partial charge >= 0.3 is 5.97 Å². The first-order valence-electron chi connectivity index (χ1n) is 4.66. The summed E-state index contributed by atoms with van der Waals surface area (Å²) in [7, 11) is 1.89. The van der Waals surface area contributed by atoms with Crippen molar-refractivity contribution >= 4 is 28.9 Å². The normalized spacial score (nSPS) is 14.0. The first kappa shape index (κ1) is 10.1. The SMILES string of the molecule is CC(=O)Oc1cccc2c1N(C)C(=S)C2. The second kappa shape index (κ2) is 3.62. The van der Waals surface area contributed by atoms with Crippen LogP contribution in [0.1, 0.15) is 12.5 Å². The zero-order valence-corrected chi connectivity index (χ0v) is 9.43. The topological polar surface area (TPSA) is 29.5 Å². The number of fused-ring (bicyclic) bond motifs is 1. The molecule has 0 radical (unpaired) electrons. The number of thiocarbonyl (C=S) groups is 1. The number of rotatable bonds is 1. The number of ether oxygens (including phenoxy) is 1. The quantitative estimate of drug-likeness (QED) is 0.412. The lowest BCUT2D eigenvalue weighted by molar-refractivity contribution is -0.131. The van der Waals surface area contributed by atoms with E-state index in [0.717, 1.165) is 22.7 Å². The number of likely N-dealkylation sites (N-methyl/N-ethyl adjacent to an activating group) is 1. The number of para-hydroxylation sites is 1. The fourth-order valence-corrected chi connectivity index (χ4v) is 1.98. The van der Waals surface area contributed by atoms with Crippen LogP contribution in [0.5, 0.6) is 5.75 Å². The van der Waals surface area contributed by atoms with E-state index in [1.165, 1.54) is 6.92 Å². The van der Waals surface area contributed by atoms with E-state index in [-0.39, 0.29) is 5.97 Å². The zero-order valence-electron chi connectivity index (χ0n) is 8.61. The summed E-state index contributed by atoms with van der Waals surface area (Å²) in [6, 6.07) is 5.65. The Morgan fingerprint density at radius 2 is 2.27 bits per heavy atom. The Kier molecular flexibility index (Phi) is 2.44. The van der Waals surface area contributed by atoms with E-state index in [0.29, 0.717) is 5.75 Å². The lowest BCUT2D eigenvalue weighted by atomic mass is 10.1. The predicted octanol–water partition coefficient (Wildman–Crippen LogP) is 1.93. The van der Waals surface area contributed by atoms with Gasteiger partial charge in [-0.25, -0.2) is 0 Å². The van der Waals surface area contributed by atoms with Crippen molar-refractivity contribution < 1.29 is 9.53 Å². The first-order valence-corrected chi connectivity index (χ1v) is 5.07. The standard InChI is InChI=1S/C11H11NO2S/c1-7(13)14-9-5-3-4-8-6-10(15)12(2)11(8)9/h3-5H,6H2,1-2H3. The molecule has 1 heterocycles. The Bertz CT molecular complexity index is 442. The molecule has 1 aliphatic heterocycles. The molecule has 1 aromatic rings. The van der Waals surface area contributed by atoms with Crippen LogP contribution in [-0.2, 0) is 11.2 Å². The van der Waals surface area contributed by atoms with Crippen molar-refractivity contribution in [3.05, 3.63) is 23.8 Å². The third-order valence-electron chi connectivity index (χ3n) is 2.39. The van der Waals surface area contributed by atoms with Crippen LogP contribution in [0, 0.1) is 0 Å². The van der Waals surface area contributed by atoms with E-state index in [1.807, 2.05) is 24.1 Å². The second-order valence-corrected chi connectivity index (χ2v) is 3.96. The van der Waals surface area contributed by atoms with E-state index >= 15 is 0 Å². The summed E-state index contributed by atoms with van der Waals surface area (Å²) in [6.07, 6.45) is 0.746. The molecule has 78 valence electrons. The van der Waals surface area contributed by atoms with Crippen LogP contribution in [0.3, 0.4) is 0 Å². The molecule has 15 heavy (non-hydrogen) atoms. The monoisotopic (exact) mass is 221 g/mol. The summed E-state index contributed by atoms with van der Waals surface area (Å²) in [5.41, 5.74) is 2.03. The molecule has 4 heteroatoms. The molecule has 0 N–H and O–H groups in total. The fraction of sp³-hybridized carbons (Fsp3) is 0.273. The lowest BCUT2D eigenvalue weighted by Crippen LogP contribution is -2.19. The molecule has 1 aliphatic rings. The molecule has 0 atom stereocenters. The van der Waals surface area contributed by atoms with Gasteiger partial charge in [-0.15, -0.1) is 0 Å². The molecular weight excluding hydrogens is 210 g/mol. The van der Waals surface area contributed by atoms with Crippen molar-refractivity contribution in [2.24, 2.45) is 0 Å². The Morgan fingerprint density at radius 1 is 1.53 bits per heavy atom. The highest BCUT2D eigenvalue weighted by Gasteiger charge is 2.24. The third-order valence-corrected chi connectivity index (χ3v) is 2.81. The number of carbonyl (C=O) groups excluding carboxylic acids is 1.